The van der Waals surface area contributed by atoms with E-state index in [0.717, 1.165) is 19.1 Å². The Labute approximate surface area is 135 Å². The van der Waals surface area contributed by atoms with Gasteiger partial charge in [-0.15, -0.1) is 5.12 Å². The molecule has 1 heterocycles. The van der Waals surface area contributed by atoms with Gasteiger partial charge in [0, 0.05) is 30.4 Å². The molecule has 1 saturated carbocycles. The van der Waals surface area contributed by atoms with Gasteiger partial charge < -0.3 is 0 Å². The van der Waals surface area contributed by atoms with Crippen molar-refractivity contribution in [3.05, 3.63) is 59.4 Å². The summed E-state index contributed by atoms with van der Waals surface area (Å²) in [6.45, 7) is 0.888. The van der Waals surface area contributed by atoms with Crippen molar-refractivity contribution >= 4 is 17.4 Å². The Hall–Kier alpha value is -2.70. The van der Waals surface area contributed by atoms with Crippen molar-refractivity contribution in [2.24, 2.45) is 0 Å². The number of Topliss-reactive ketones (excluding diaryl/α,β-unsaturated/α-hetero) is 1. The molecule has 1 fully saturated rings. The second-order valence-electron chi connectivity index (χ2n) is 5.71. The van der Waals surface area contributed by atoms with E-state index in [1.54, 1.807) is 12.1 Å². The summed E-state index contributed by atoms with van der Waals surface area (Å²) in [7, 11) is 0. The third-order valence-corrected chi connectivity index (χ3v) is 4.17. The maximum Gasteiger partial charge on any atom is 0.252 e. The lowest BCUT2D eigenvalue weighted by Gasteiger charge is -2.18. The van der Waals surface area contributed by atoms with Gasteiger partial charge in [-0.3, -0.25) is 14.6 Å². The van der Waals surface area contributed by atoms with Crippen molar-refractivity contribution in [3.8, 4) is 0 Å². The molecule has 1 amide bonds. The van der Waals surface area contributed by atoms with Crippen molar-refractivity contribution in [3.63, 3.8) is 0 Å². The molecule has 0 saturated heterocycles. The fourth-order valence-corrected chi connectivity index (χ4v) is 2.75. The molecule has 4 nitrogen and oxygen atoms in total. The fraction of sp³-hybridized carbons (Fsp3) is 0.235. The molecule has 1 aliphatic rings. The quantitative estimate of drug-likeness (QED) is 0.635. The van der Waals surface area contributed by atoms with E-state index in [9.17, 15) is 22.9 Å². The van der Waals surface area contributed by atoms with Crippen LogP contribution in [0.25, 0.3) is 0 Å². The molecule has 1 aromatic heterocycles. The minimum atomic E-state index is -1.49. The Morgan fingerprint density at radius 2 is 1.88 bits per heavy atom. The number of amides is 1. The topological polar surface area (TPSA) is 50.3 Å². The molecule has 1 aromatic carbocycles. The Morgan fingerprint density at radius 3 is 2.42 bits per heavy atom. The molecule has 2 aromatic rings. The lowest BCUT2D eigenvalue weighted by Crippen LogP contribution is -2.24. The maximum atomic E-state index is 14.5. The van der Waals surface area contributed by atoms with E-state index in [1.165, 1.54) is 12.4 Å². The van der Waals surface area contributed by atoms with Crippen LogP contribution in [0.15, 0.2) is 36.7 Å². The van der Waals surface area contributed by atoms with Gasteiger partial charge >= 0.3 is 0 Å². The number of carbonyl (C=O) groups excluding carboxylic acids is 2. The summed E-state index contributed by atoms with van der Waals surface area (Å²) < 4.78 is 42.2. The first-order valence-electron chi connectivity index (χ1n) is 7.28. The summed E-state index contributed by atoms with van der Waals surface area (Å²) in [6.07, 6.45) is 3.60. The Bertz CT molecular complexity index is 820. The second-order valence-corrected chi connectivity index (χ2v) is 5.71. The van der Waals surface area contributed by atoms with Crippen LogP contribution >= 0.6 is 0 Å². The summed E-state index contributed by atoms with van der Waals surface area (Å²) >= 11 is 0. The van der Waals surface area contributed by atoms with Gasteiger partial charge in [-0.1, -0.05) is 10.5 Å². The van der Waals surface area contributed by atoms with E-state index >= 15 is 0 Å². The van der Waals surface area contributed by atoms with E-state index < -0.39 is 33.8 Å². The number of hydrogen-bond acceptors (Lipinski definition) is 3. The number of halogens is 3. The Balaban J connectivity index is 2.03. The van der Waals surface area contributed by atoms with E-state index in [1.807, 2.05) is 0 Å². The number of aromatic nitrogens is 1. The lowest BCUT2D eigenvalue weighted by molar-refractivity contribution is -0.119. The van der Waals surface area contributed by atoms with Crippen LogP contribution in [0.2, 0.25) is 0 Å². The zero-order chi connectivity index (χ0) is 17.5. The van der Waals surface area contributed by atoms with E-state index in [2.05, 4.69) is 4.98 Å². The first-order valence-corrected chi connectivity index (χ1v) is 7.28. The van der Waals surface area contributed by atoms with Crippen LogP contribution in [0.5, 0.6) is 0 Å². The fourth-order valence-electron chi connectivity index (χ4n) is 2.75. The van der Waals surface area contributed by atoms with Crippen LogP contribution in [0, 0.1) is 11.6 Å². The predicted octanol–water partition coefficient (Wildman–Crippen LogP) is 3.51. The molecule has 0 atom stereocenters. The van der Waals surface area contributed by atoms with Crippen molar-refractivity contribution in [2.75, 3.05) is 5.12 Å². The highest BCUT2D eigenvalue weighted by atomic mass is 19.2. The van der Waals surface area contributed by atoms with Crippen LogP contribution in [0.3, 0.4) is 0 Å². The van der Waals surface area contributed by atoms with E-state index in [4.69, 9.17) is 0 Å². The van der Waals surface area contributed by atoms with Crippen molar-refractivity contribution in [1.29, 1.82) is 0 Å². The van der Waals surface area contributed by atoms with Gasteiger partial charge in [-0.05, 0) is 31.0 Å². The number of benzene rings is 1. The standard InChI is InChI=1S/C17H13F3N2O2/c1-10(23)22(20)13-5-4-12(14(18)15(13)19)17(6-7-17)16(24)11-3-2-8-21-9-11/h2-5,8-9H,6-7H2,1H3. The van der Waals surface area contributed by atoms with Gasteiger partial charge in [0.05, 0.1) is 5.41 Å². The molecule has 24 heavy (non-hydrogen) atoms. The average molecular weight is 334 g/mol. The number of rotatable bonds is 4. The molecule has 0 radical (unpaired) electrons. The maximum absolute atomic E-state index is 14.5. The molecule has 0 aliphatic heterocycles. The first kappa shape index (κ1) is 16.2. The highest BCUT2D eigenvalue weighted by molar-refractivity contribution is 6.06. The van der Waals surface area contributed by atoms with E-state index in [-0.39, 0.29) is 11.3 Å². The van der Waals surface area contributed by atoms with Crippen LogP contribution in [-0.2, 0) is 10.2 Å². The SMILES string of the molecule is CC(=O)N(F)c1ccc(C2(C(=O)c3cccnc3)CC2)c(F)c1F. The Morgan fingerprint density at radius 1 is 1.17 bits per heavy atom. The van der Waals surface area contributed by atoms with Gasteiger partial charge in [-0.2, -0.15) is 0 Å². The average Bonchev–Trinajstić information content (AvgIpc) is 3.38. The van der Waals surface area contributed by atoms with E-state index in [0.29, 0.717) is 18.4 Å². The summed E-state index contributed by atoms with van der Waals surface area (Å²) in [5.74, 6) is -4.24. The smallest absolute Gasteiger partial charge is 0.252 e. The second kappa shape index (κ2) is 5.74. The zero-order valence-corrected chi connectivity index (χ0v) is 12.7. The predicted molar refractivity (Wildman–Crippen MR) is 80.1 cm³/mol. The van der Waals surface area contributed by atoms with Gasteiger partial charge in [0.2, 0.25) is 0 Å². The molecule has 1 aliphatic carbocycles. The number of hydrogen-bond donors (Lipinski definition) is 0. The number of anilines is 1. The summed E-state index contributed by atoms with van der Waals surface area (Å²) in [6, 6.07) is 5.25. The van der Waals surface area contributed by atoms with Gasteiger partial charge in [0.1, 0.15) is 5.69 Å². The molecule has 0 spiro atoms. The van der Waals surface area contributed by atoms with Gasteiger partial charge in [0.15, 0.2) is 17.4 Å². The molecule has 3 rings (SSSR count). The van der Waals surface area contributed by atoms with Crippen molar-refractivity contribution < 1.29 is 22.9 Å². The largest absolute Gasteiger partial charge is 0.293 e. The molecule has 7 heteroatoms. The van der Waals surface area contributed by atoms with Crippen molar-refractivity contribution in [2.45, 2.75) is 25.2 Å². The molecular formula is C17H13F3N2O2. The monoisotopic (exact) mass is 334 g/mol. The highest BCUT2D eigenvalue weighted by Gasteiger charge is 2.53. The number of carbonyl (C=O) groups is 2. The highest BCUT2D eigenvalue weighted by Crippen LogP contribution is 2.52. The van der Waals surface area contributed by atoms with Crippen LogP contribution in [0.4, 0.5) is 18.9 Å². The van der Waals surface area contributed by atoms with Crippen LogP contribution in [-0.4, -0.2) is 16.7 Å². The summed E-state index contributed by atoms with van der Waals surface area (Å²) in [4.78, 5) is 27.5. The normalized spacial score (nSPS) is 15.0. The lowest BCUT2D eigenvalue weighted by atomic mass is 9.87. The third kappa shape index (κ3) is 2.46. The van der Waals surface area contributed by atoms with Crippen LogP contribution in [0.1, 0.15) is 35.7 Å². The zero-order valence-electron chi connectivity index (χ0n) is 12.7. The van der Waals surface area contributed by atoms with Crippen LogP contribution < -0.4 is 5.12 Å². The van der Waals surface area contributed by atoms with Gasteiger partial charge in [-0.25, -0.2) is 8.78 Å². The minimum Gasteiger partial charge on any atom is -0.293 e. The molecule has 0 bridgehead atoms. The molecular weight excluding hydrogens is 321 g/mol. The number of nitrogens with zero attached hydrogens (tertiary/aromatic N) is 2. The summed E-state index contributed by atoms with van der Waals surface area (Å²) in [5, 5.41) is -0.468. The molecule has 0 N–H and O–H groups in total. The molecule has 0 unspecified atom stereocenters. The minimum absolute atomic E-state index is 0.130. The summed E-state index contributed by atoms with van der Waals surface area (Å²) in [5.41, 5.74) is -1.80. The number of pyridine rings is 1. The van der Waals surface area contributed by atoms with Crippen molar-refractivity contribution in [1.82, 2.24) is 4.98 Å². The number of ketones is 1. The van der Waals surface area contributed by atoms with Gasteiger partial charge in [0.25, 0.3) is 5.91 Å². The first-order chi connectivity index (χ1) is 11.4. The third-order valence-electron chi connectivity index (χ3n) is 4.17. The Kier molecular flexibility index (Phi) is 3.87. The molecule has 124 valence electrons.